The first-order valence-corrected chi connectivity index (χ1v) is 12.5. The largest absolute Gasteiger partial charge is 0.349 e. The van der Waals surface area contributed by atoms with Crippen molar-refractivity contribution in [2.24, 2.45) is 11.8 Å². The number of alkyl halides is 1. The molecule has 0 aromatic heterocycles. The SMILES string of the molecule is C[C@H](SC1NNCN1C)C1CCC(F)C(NC(=O)C2CCC3CCCCC3N2)C1. The quantitative estimate of drug-likeness (QED) is 0.540. The van der Waals surface area contributed by atoms with E-state index < -0.39 is 6.17 Å². The highest BCUT2D eigenvalue weighted by atomic mass is 32.2. The van der Waals surface area contributed by atoms with Gasteiger partial charge in [-0.15, -0.1) is 11.8 Å². The number of nitrogens with zero attached hydrogens (tertiary/aromatic N) is 1. The number of piperidine rings is 1. The van der Waals surface area contributed by atoms with E-state index in [1.54, 1.807) is 0 Å². The van der Waals surface area contributed by atoms with Gasteiger partial charge in [0.25, 0.3) is 0 Å². The molecule has 4 N–H and O–H groups in total. The van der Waals surface area contributed by atoms with Crippen LogP contribution in [0.25, 0.3) is 0 Å². The molecule has 0 spiro atoms. The lowest BCUT2D eigenvalue weighted by molar-refractivity contribution is -0.126. The average molecular weight is 428 g/mol. The Labute approximate surface area is 178 Å². The second-order valence-electron chi connectivity index (χ2n) is 9.58. The molecule has 4 aliphatic rings. The highest BCUT2D eigenvalue weighted by Gasteiger charge is 2.39. The van der Waals surface area contributed by atoms with Gasteiger partial charge < -0.3 is 10.6 Å². The van der Waals surface area contributed by atoms with E-state index in [-0.39, 0.29) is 23.5 Å². The lowest BCUT2D eigenvalue weighted by atomic mass is 9.77. The van der Waals surface area contributed by atoms with Crippen molar-refractivity contribution >= 4 is 17.7 Å². The maximum Gasteiger partial charge on any atom is 0.237 e. The summed E-state index contributed by atoms with van der Waals surface area (Å²) in [5.74, 6) is 1.18. The van der Waals surface area contributed by atoms with Crippen molar-refractivity contribution in [1.29, 1.82) is 0 Å². The van der Waals surface area contributed by atoms with E-state index in [1.165, 1.54) is 25.7 Å². The molecule has 2 saturated carbocycles. The van der Waals surface area contributed by atoms with E-state index in [0.717, 1.165) is 38.3 Å². The Morgan fingerprint density at radius 3 is 2.79 bits per heavy atom. The van der Waals surface area contributed by atoms with E-state index in [2.05, 4.69) is 40.4 Å². The summed E-state index contributed by atoms with van der Waals surface area (Å²) in [4.78, 5) is 15.1. The predicted molar refractivity (Wildman–Crippen MR) is 116 cm³/mol. The molecule has 0 aromatic rings. The van der Waals surface area contributed by atoms with E-state index in [0.29, 0.717) is 23.6 Å². The molecule has 2 heterocycles. The van der Waals surface area contributed by atoms with Gasteiger partial charge in [0.15, 0.2) is 0 Å². The third-order valence-electron chi connectivity index (χ3n) is 7.56. The van der Waals surface area contributed by atoms with Crippen LogP contribution in [0.15, 0.2) is 0 Å². The molecule has 7 unspecified atom stereocenters. The van der Waals surface area contributed by atoms with Crippen molar-refractivity contribution in [3.8, 4) is 0 Å². The number of nitrogens with one attached hydrogen (secondary N) is 4. The number of thioether (sulfide) groups is 1. The van der Waals surface area contributed by atoms with Gasteiger partial charge in [0.2, 0.25) is 5.91 Å². The summed E-state index contributed by atoms with van der Waals surface area (Å²) in [6.07, 6.45) is 8.34. The Kier molecular flexibility index (Phi) is 7.38. The Hall–Kier alpha value is -0.410. The van der Waals surface area contributed by atoms with Gasteiger partial charge in [0.05, 0.1) is 18.8 Å². The molecule has 2 aliphatic carbocycles. The van der Waals surface area contributed by atoms with Gasteiger partial charge in [0, 0.05) is 11.3 Å². The van der Waals surface area contributed by atoms with Crippen molar-refractivity contribution in [2.45, 2.75) is 99.8 Å². The van der Waals surface area contributed by atoms with Crippen LogP contribution in [0.4, 0.5) is 4.39 Å². The number of hydrogen-bond acceptors (Lipinski definition) is 6. The summed E-state index contributed by atoms with van der Waals surface area (Å²) >= 11 is 1.89. The van der Waals surface area contributed by atoms with Crippen LogP contribution in [-0.2, 0) is 4.79 Å². The smallest absolute Gasteiger partial charge is 0.237 e. The summed E-state index contributed by atoms with van der Waals surface area (Å²) in [6, 6.07) is -0.00632. The molecule has 1 amide bonds. The first-order valence-electron chi connectivity index (χ1n) is 11.6. The van der Waals surface area contributed by atoms with Crippen molar-refractivity contribution in [3.63, 3.8) is 0 Å². The number of carbonyl (C=O) groups is 1. The van der Waals surface area contributed by atoms with Crippen molar-refractivity contribution < 1.29 is 9.18 Å². The van der Waals surface area contributed by atoms with Crippen LogP contribution in [-0.4, -0.2) is 59.6 Å². The van der Waals surface area contributed by atoms with Gasteiger partial charge >= 0.3 is 0 Å². The molecule has 166 valence electrons. The van der Waals surface area contributed by atoms with Gasteiger partial charge in [-0.1, -0.05) is 19.8 Å². The topological polar surface area (TPSA) is 68.4 Å². The lowest BCUT2D eigenvalue weighted by Gasteiger charge is -2.41. The minimum absolute atomic E-state index is 0.0176. The van der Waals surface area contributed by atoms with E-state index in [4.69, 9.17) is 0 Å². The van der Waals surface area contributed by atoms with Crippen molar-refractivity contribution in [1.82, 2.24) is 26.4 Å². The average Bonchev–Trinajstić information content (AvgIpc) is 3.13. The van der Waals surface area contributed by atoms with Gasteiger partial charge in [-0.2, -0.15) is 0 Å². The standard InChI is InChI=1S/C21H38FN5OS/c1-13(29-21-26-23-12-27(21)2)15-7-9-16(22)19(11-15)25-20(28)18-10-8-14-5-3-4-6-17(14)24-18/h13-19,21,23-24,26H,3-12H2,1-2H3,(H,25,28)/t13-,14?,15?,16?,17?,18?,19?,21?/m0/s1. The number of hydrogen-bond donors (Lipinski definition) is 4. The van der Waals surface area contributed by atoms with Gasteiger partial charge in [-0.25, -0.2) is 15.2 Å². The van der Waals surface area contributed by atoms with Gasteiger partial charge in [-0.3, -0.25) is 9.69 Å². The van der Waals surface area contributed by atoms with Gasteiger partial charge in [0.1, 0.15) is 11.7 Å². The zero-order valence-electron chi connectivity index (χ0n) is 17.8. The van der Waals surface area contributed by atoms with E-state index in [1.807, 2.05) is 11.8 Å². The second-order valence-corrected chi connectivity index (χ2v) is 11.0. The third-order valence-corrected chi connectivity index (χ3v) is 9.11. The number of fused-ring (bicyclic) bond motifs is 1. The Morgan fingerprint density at radius 2 is 2.00 bits per heavy atom. The lowest BCUT2D eigenvalue weighted by Crippen LogP contribution is -2.58. The van der Waals surface area contributed by atoms with Crippen molar-refractivity contribution in [2.75, 3.05) is 13.7 Å². The Bertz CT molecular complexity index is 569. The number of carbonyl (C=O) groups excluding carboxylic acids is 1. The maximum atomic E-state index is 14.7. The van der Waals surface area contributed by atoms with Crippen LogP contribution in [0.3, 0.4) is 0 Å². The fourth-order valence-electron chi connectivity index (χ4n) is 5.63. The summed E-state index contributed by atoms with van der Waals surface area (Å²) in [6.45, 7) is 3.07. The first-order chi connectivity index (χ1) is 14.0. The molecule has 0 bridgehead atoms. The van der Waals surface area contributed by atoms with Crippen molar-refractivity contribution in [3.05, 3.63) is 0 Å². The van der Waals surface area contributed by atoms with Crippen LogP contribution in [0.5, 0.6) is 0 Å². The minimum atomic E-state index is -0.924. The van der Waals surface area contributed by atoms with Crippen LogP contribution >= 0.6 is 11.8 Å². The molecule has 2 aliphatic heterocycles. The number of hydrazine groups is 1. The minimum Gasteiger partial charge on any atom is -0.349 e. The first kappa shape index (κ1) is 21.8. The molecular formula is C21H38FN5OS. The summed E-state index contributed by atoms with van der Waals surface area (Å²) in [5.41, 5.74) is 6.69. The monoisotopic (exact) mass is 427 g/mol. The molecule has 29 heavy (non-hydrogen) atoms. The van der Waals surface area contributed by atoms with Crippen LogP contribution in [0.1, 0.15) is 64.7 Å². The molecule has 6 nitrogen and oxygen atoms in total. The maximum absolute atomic E-state index is 14.7. The molecule has 8 atom stereocenters. The molecule has 0 radical (unpaired) electrons. The second kappa shape index (κ2) is 9.81. The zero-order valence-corrected chi connectivity index (χ0v) is 18.6. The third kappa shape index (κ3) is 5.26. The Balaban J connectivity index is 1.28. The summed E-state index contributed by atoms with van der Waals surface area (Å²) in [7, 11) is 2.09. The summed E-state index contributed by atoms with van der Waals surface area (Å²) in [5, 5.41) is 7.10. The normalized spacial score (nSPS) is 42.2. The van der Waals surface area contributed by atoms with E-state index in [9.17, 15) is 9.18 Å². The molecule has 8 heteroatoms. The zero-order chi connectivity index (χ0) is 20.4. The predicted octanol–water partition coefficient (Wildman–Crippen LogP) is 2.32. The fourth-order valence-corrected chi connectivity index (χ4v) is 6.94. The van der Waals surface area contributed by atoms with E-state index >= 15 is 0 Å². The number of amides is 1. The molecule has 4 fully saturated rings. The molecule has 0 aromatic carbocycles. The Morgan fingerprint density at radius 1 is 1.17 bits per heavy atom. The van der Waals surface area contributed by atoms with Crippen LogP contribution < -0.4 is 21.5 Å². The highest BCUT2D eigenvalue weighted by Crippen LogP contribution is 2.36. The fraction of sp³-hybridized carbons (Fsp3) is 0.952. The highest BCUT2D eigenvalue weighted by molar-refractivity contribution is 8.00. The number of rotatable bonds is 5. The summed E-state index contributed by atoms with van der Waals surface area (Å²) < 4.78 is 14.7. The van der Waals surface area contributed by atoms with Gasteiger partial charge in [-0.05, 0) is 63.8 Å². The molecular weight excluding hydrogens is 389 g/mol. The molecule has 2 saturated heterocycles. The van der Waals surface area contributed by atoms with Crippen LogP contribution in [0, 0.1) is 11.8 Å². The van der Waals surface area contributed by atoms with Crippen LogP contribution in [0.2, 0.25) is 0 Å². The molecule has 4 rings (SSSR count). The number of halogens is 1.